The number of methoxy groups -OCH3 is 1. The molecule has 2 N–H and O–H groups in total. The largest absolute Gasteiger partial charge is 0.495 e. The minimum Gasteiger partial charge on any atom is -0.495 e. The summed E-state index contributed by atoms with van der Waals surface area (Å²) in [6.45, 7) is 5.33. The molecule has 1 rings (SSSR count). The molecule has 0 bridgehead atoms. The van der Waals surface area contributed by atoms with E-state index in [1.807, 2.05) is 12.1 Å². The molecule has 0 saturated carbocycles. The van der Waals surface area contributed by atoms with Crippen molar-refractivity contribution in [3.05, 3.63) is 23.2 Å². The fourth-order valence-corrected chi connectivity index (χ4v) is 2.49. The average Bonchev–Trinajstić information content (AvgIpc) is 2.47. The van der Waals surface area contributed by atoms with Crippen molar-refractivity contribution >= 4 is 34.6 Å². The third-order valence-electron chi connectivity index (χ3n) is 3.50. The maximum Gasteiger partial charge on any atom is 0.170 e. The summed E-state index contributed by atoms with van der Waals surface area (Å²) in [7, 11) is 1.63. The quantitative estimate of drug-likeness (QED) is 0.668. The highest BCUT2D eigenvalue weighted by Crippen LogP contribution is 2.27. The topological polar surface area (TPSA) is 33.3 Å². The van der Waals surface area contributed by atoms with Crippen molar-refractivity contribution in [3.8, 4) is 5.75 Å². The SMILES string of the molecule is CCCCC(CC)CNC(=S)Nc1cc(Cl)ccc1OC. The maximum absolute atomic E-state index is 6.01. The van der Waals surface area contributed by atoms with Gasteiger partial charge >= 0.3 is 0 Å². The molecule has 3 nitrogen and oxygen atoms in total. The van der Waals surface area contributed by atoms with Gasteiger partial charge in [0.25, 0.3) is 0 Å². The zero-order valence-electron chi connectivity index (χ0n) is 13.0. The second-order valence-corrected chi connectivity index (χ2v) is 5.94. The van der Waals surface area contributed by atoms with Crippen LogP contribution in [0.25, 0.3) is 0 Å². The van der Waals surface area contributed by atoms with Crippen LogP contribution in [0, 0.1) is 5.92 Å². The Hall–Kier alpha value is -1.00. The van der Waals surface area contributed by atoms with Gasteiger partial charge in [0.1, 0.15) is 5.75 Å². The van der Waals surface area contributed by atoms with E-state index in [0.717, 1.165) is 24.4 Å². The molecule has 0 aromatic heterocycles. The molecule has 21 heavy (non-hydrogen) atoms. The first-order chi connectivity index (χ1) is 10.1. The van der Waals surface area contributed by atoms with Crippen LogP contribution in [0.1, 0.15) is 39.5 Å². The highest BCUT2D eigenvalue weighted by molar-refractivity contribution is 7.80. The van der Waals surface area contributed by atoms with Gasteiger partial charge in [0.15, 0.2) is 5.11 Å². The molecule has 0 radical (unpaired) electrons. The number of unbranched alkanes of at least 4 members (excludes halogenated alkanes) is 1. The Morgan fingerprint density at radius 3 is 2.76 bits per heavy atom. The summed E-state index contributed by atoms with van der Waals surface area (Å²) < 4.78 is 5.29. The van der Waals surface area contributed by atoms with Crippen LogP contribution in [0.3, 0.4) is 0 Å². The van der Waals surface area contributed by atoms with Crippen LogP contribution >= 0.6 is 23.8 Å². The molecule has 0 fully saturated rings. The van der Waals surface area contributed by atoms with Crippen molar-refractivity contribution in [1.82, 2.24) is 5.32 Å². The van der Waals surface area contributed by atoms with E-state index in [1.54, 1.807) is 13.2 Å². The van der Waals surface area contributed by atoms with E-state index in [2.05, 4.69) is 24.5 Å². The third-order valence-corrected chi connectivity index (χ3v) is 3.99. The van der Waals surface area contributed by atoms with Crippen molar-refractivity contribution in [2.45, 2.75) is 39.5 Å². The number of rotatable bonds is 8. The first-order valence-corrected chi connectivity index (χ1v) is 8.27. The maximum atomic E-state index is 6.01. The Bertz CT molecular complexity index is 454. The Labute approximate surface area is 138 Å². The lowest BCUT2D eigenvalue weighted by atomic mass is 9.99. The lowest BCUT2D eigenvalue weighted by Crippen LogP contribution is -2.32. The summed E-state index contributed by atoms with van der Waals surface area (Å²) in [5.74, 6) is 1.38. The summed E-state index contributed by atoms with van der Waals surface area (Å²) in [6, 6.07) is 5.42. The predicted molar refractivity (Wildman–Crippen MR) is 95.5 cm³/mol. The molecule has 118 valence electrons. The van der Waals surface area contributed by atoms with Crippen LogP contribution in [0.5, 0.6) is 5.75 Å². The lowest BCUT2D eigenvalue weighted by molar-refractivity contribution is 0.417. The fraction of sp³-hybridized carbons (Fsp3) is 0.562. The second-order valence-electron chi connectivity index (χ2n) is 5.10. The van der Waals surface area contributed by atoms with Gasteiger partial charge in [-0.1, -0.05) is 44.7 Å². The van der Waals surface area contributed by atoms with Gasteiger partial charge in [-0.3, -0.25) is 0 Å². The van der Waals surface area contributed by atoms with Crippen LogP contribution in [0.15, 0.2) is 18.2 Å². The van der Waals surface area contributed by atoms with Crippen molar-refractivity contribution in [2.75, 3.05) is 19.0 Å². The molecular formula is C16H25ClN2OS. The summed E-state index contributed by atoms with van der Waals surface area (Å²) in [6.07, 6.45) is 4.90. The lowest BCUT2D eigenvalue weighted by Gasteiger charge is -2.18. The first-order valence-electron chi connectivity index (χ1n) is 7.49. The third kappa shape index (κ3) is 6.53. The van der Waals surface area contributed by atoms with E-state index in [1.165, 1.54) is 19.3 Å². The molecular weight excluding hydrogens is 304 g/mol. The van der Waals surface area contributed by atoms with Gasteiger partial charge in [-0.25, -0.2) is 0 Å². The Morgan fingerprint density at radius 2 is 2.14 bits per heavy atom. The molecule has 1 unspecified atom stereocenters. The number of nitrogens with one attached hydrogen (secondary N) is 2. The Morgan fingerprint density at radius 1 is 1.38 bits per heavy atom. The van der Waals surface area contributed by atoms with Crippen molar-refractivity contribution in [1.29, 1.82) is 0 Å². The van der Waals surface area contributed by atoms with Gasteiger partial charge in [0.2, 0.25) is 0 Å². The number of anilines is 1. The van der Waals surface area contributed by atoms with E-state index < -0.39 is 0 Å². The van der Waals surface area contributed by atoms with Crippen molar-refractivity contribution in [2.24, 2.45) is 5.92 Å². The molecule has 0 amide bonds. The number of hydrogen-bond donors (Lipinski definition) is 2. The second kappa shape index (κ2) is 9.85. The number of hydrogen-bond acceptors (Lipinski definition) is 2. The molecule has 0 saturated heterocycles. The van der Waals surface area contributed by atoms with Gasteiger partial charge in [-0.05, 0) is 42.8 Å². The van der Waals surface area contributed by atoms with Gasteiger partial charge < -0.3 is 15.4 Å². The standard InChI is InChI=1S/C16H25ClN2OS/c1-4-6-7-12(5-2)11-18-16(21)19-14-10-13(17)8-9-15(14)20-3/h8-10,12H,4-7,11H2,1-3H3,(H2,18,19,21). The van der Waals surface area contributed by atoms with E-state index in [-0.39, 0.29) is 0 Å². The molecule has 1 aromatic rings. The van der Waals surface area contributed by atoms with Crippen LogP contribution in [-0.4, -0.2) is 18.8 Å². The molecule has 0 aliphatic heterocycles. The Kier molecular flexibility index (Phi) is 8.47. The zero-order chi connectivity index (χ0) is 15.7. The zero-order valence-corrected chi connectivity index (χ0v) is 14.6. The van der Waals surface area contributed by atoms with Crippen LogP contribution in [0.4, 0.5) is 5.69 Å². The molecule has 5 heteroatoms. The van der Waals surface area contributed by atoms with Gasteiger partial charge in [0.05, 0.1) is 12.8 Å². The van der Waals surface area contributed by atoms with E-state index in [0.29, 0.717) is 16.1 Å². The van der Waals surface area contributed by atoms with Gasteiger partial charge in [-0.15, -0.1) is 0 Å². The minimum atomic E-state index is 0.602. The van der Waals surface area contributed by atoms with Gasteiger partial charge in [-0.2, -0.15) is 0 Å². The average molecular weight is 329 g/mol. The summed E-state index contributed by atoms with van der Waals surface area (Å²) in [5, 5.41) is 7.68. The number of halogens is 1. The summed E-state index contributed by atoms with van der Waals surface area (Å²) >= 11 is 11.3. The smallest absolute Gasteiger partial charge is 0.170 e. The van der Waals surface area contributed by atoms with Crippen molar-refractivity contribution in [3.63, 3.8) is 0 Å². The summed E-state index contributed by atoms with van der Waals surface area (Å²) in [5.41, 5.74) is 0.782. The number of ether oxygens (including phenoxy) is 1. The fourth-order valence-electron chi connectivity index (χ4n) is 2.12. The highest BCUT2D eigenvalue weighted by atomic mass is 35.5. The molecule has 0 spiro atoms. The van der Waals surface area contributed by atoms with Crippen LogP contribution in [-0.2, 0) is 0 Å². The van der Waals surface area contributed by atoms with Crippen LogP contribution < -0.4 is 15.4 Å². The van der Waals surface area contributed by atoms with Crippen LogP contribution in [0.2, 0.25) is 5.02 Å². The van der Waals surface area contributed by atoms with E-state index in [9.17, 15) is 0 Å². The first kappa shape index (κ1) is 18.1. The highest BCUT2D eigenvalue weighted by Gasteiger charge is 2.09. The number of thiocarbonyl (C=S) groups is 1. The molecule has 0 aliphatic rings. The molecule has 1 aromatic carbocycles. The predicted octanol–water partition coefficient (Wildman–Crippen LogP) is 4.85. The van der Waals surface area contributed by atoms with E-state index >= 15 is 0 Å². The molecule has 1 atom stereocenters. The monoisotopic (exact) mass is 328 g/mol. The number of benzene rings is 1. The van der Waals surface area contributed by atoms with Crippen molar-refractivity contribution < 1.29 is 4.74 Å². The Balaban J connectivity index is 2.51. The normalized spacial score (nSPS) is 11.8. The van der Waals surface area contributed by atoms with E-state index in [4.69, 9.17) is 28.6 Å². The molecule has 0 heterocycles. The minimum absolute atomic E-state index is 0.602. The molecule has 0 aliphatic carbocycles. The van der Waals surface area contributed by atoms with Gasteiger partial charge in [0, 0.05) is 11.6 Å². The summed E-state index contributed by atoms with van der Waals surface area (Å²) in [4.78, 5) is 0.